The lowest BCUT2D eigenvalue weighted by molar-refractivity contribution is 0.268. The molecule has 0 unspecified atom stereocenters. The molecule has 1 aliphatic rings. The number of hydrogen-bond donors (Lipinski definition) is 1. The van der Waals surface area contributed by atoms with Crippen molar-refractivity contribution in [3.63, 3.8) is 0 Å². The molecule has 2 rings (SSSR count). The fraction of sp³-hybridized carbons (Fsp3) is 0.600. The number of benzene rings is 1. The highest BCUT2D eigenvalue weighted by atomic mass is 32.2. The van der Waals surface area contributed by atoms with Crippen LogP contribution < -0.4 is 10.5 Å². The van der Waals surface area contributed by atoms with Gasteiger partial charge in [-0.3, -0.25) is 0 Å². The van der Waals surface area contributed by atoms with E-state index in [4.69, 9.17) is 10.5 Å². The van der Waals surface area contributed by atoms with E-state index in [9.17, 15) is 8.42 Å². The quantitative estimate of drug-likeness (QED) is 0.867. The Morgan fingerprint density at radius 3 is 2.48 bits per heavy atom. The number of hydrogen-bond acceptors (Lipinski definition) is 4. The van der Waals surface area contributed by atoms with Crippen molar-refractivity contribution in [2.75, 3.05) is 25.9 Å². The molecule has 0 bridgehead atoms. The molecule has 2 N–H and O–H groups in total. The minimum Gasteiger partial charge on any atom is -0.495 e. The van der Waals surface area contributed by atoms with Gasteiger partial charge in [0, 0.05) is 18.8 Å². The van der Waals surface area contributed by atoms with Crippen molar-refractivity contribution in [1.82, 2.24) is 4.31 Å². The summed E-state index contributed by atoms with van der Waals surface area (Å²) in [6, 6.07) is 3.19. The normalized spacial score (nSPS) is 17.9. The van der Waals surface area contributed by atoms with Crippen LogP contribution in [-0.2, 0) is 10.0 Å². The second kappa shape index (κ2) is 6.23. The molecular weight excluding hydrogens is 288 g/mol. The summed E-state index contributed by atoms with van der Waals surface area (Å²) in [6.45, 7) is 5.12. The minimum atomic E-state index is -3.55. The van der Waals surface area contributed by atoms with E-state index in [1.807, 2.05) is 6.92 Å². The highest BCUT2D eigenvalue weighted by Gasteiger charge is 2.31. The molecule has 1 aliphatic heterocycles. The van der Waals surface area contributed by atoms with Crippen molar-refractivity contribution in [1.29, 1.82) is 0 Å². The number of ether oxygens (including phenoxy) is 1. The Hall–Kier alpha value is -1.27. The summed E-state index contributed by atoms with van der Waals surface area (Å²) in [5.74, 6) is 0.987. The Morgan fingerprint density at radius 1 is 1.33 bits per heavy atom. The molecule has 21 heavy (non-hydrogen) atoms. The van der Waals surface area contributed by atoms with Crippen molar-refractivity contribution in [2.45, 2.75) is 38.0 Å². The van der Waals surface area contributed by atoms with Gasteiger partial charge in [-0.1, -0.05) is 13.3 Å². The van der Waals surface area contributed by atoms with Crippen LogP contribution in [0.3, 0.4) is 0 Å². The van der Waals surface area contributed by atoms with Gasteiger partial charge in [0.05, 0.1) is 7.11 Å². The summed E-state index contributed by atoms with van der Waals surface area (Å²) in [4.78, 5) is 0.169. The first-order valence-electron chi connectivity index (χ1n) is 7.34. The van der Waals surface area contributed by atoms with Crippen molar-refractivity contribution in [2.24, 2.45) is 5.92 Å². The lowest BCUT2D eigenvalue weighted by atomic mass is 9.96. The summed E-state index contributed by atoms with van der Waals surface area (Å²) in [5.41, 5.74) is 7.16. The third-order valence-corrected chi connectivity index (χ3v) is 6.24. The molecule has 1 heterocycles. The third kappa shape index (κ3) is 3.16. The van der Waals surface area contributed by atoms with Crippen molar-refractivity contribution in [3.8, 4) is 5.75 Å². The Morgan fingerprint density at radius 2 is 1.95 bits per heavy atom. The van der Waals surface area contributed by atoms with Gasteiger partial charge in [0.25, 0.3) is 0 Å². The van der Waals surface area contributed by atoms with Crippen molar-refractivity contribution >= 4 is 15.7 Å². The topological polar surface area (TPSA) is 72.6 Å². The highest BCUT2D eigenvalue weighted by Crippen LogP contribution is 2.33. The van der Waals surface area contributed by atoms with E-state index in [-0.39, 0.29) is 4.90 Å². The average Bonchev–Trinajstić information content (AvgIpc) is 2.49. The van der Waals surface area contributed by atoms with Gasteiger partial charge >= 0.3 is 0 Å². The smallest absolute Gasteiger partial charge is 0.246 e. The van der Waals surface area contributed by atoms with Crippen LogP contribution in [-0.4, -0.2) is 32.9 Å². The Bertz CT molecular complexity index is 606. The van der Waals surface area contributed by atoms with Gasteiger partial charge in [-0.2, -0.15) is 4.31 Å². The first-order chi connectivity index (χ1) is 9.90. The van der Waals surface area contributed by atoms with Crippen LogP contribution in [0, 0.1) is 12.8 Å². The zero-order valence-corrected chi connectivity index (χ0v) is 13.7. The Balaban J connectivity index is 2.34. The molecular formula is C15H24N2O3S. The maximum absolute atomic E-state index is 12.8. The summed E-state index contributed by atoms with van der Waals surface area (Å²) in [6.07, 6.45) is 2.94. The van der Waals surface area contributed by atoms with E-state index < -0.39 is 10.0 Å². The van der Waals surface area contributed by atoms with Gasteiger partial charge in [0.2, 0.25) is 10.0 Å². The number of piperidine rings is 1. The molecule has 0 saturated carbocycles. The standard InChI is InChI=1S/C15H24N2O3S/c1-4-12-5-7-17(8-6-12)21(18,19)15-10-13(16)11(2)9-14(15)20-3/h9-10,12H,4-8,16H2,1-3H3. The zero-order chi connectivity index (χ0) is 15.6. The maximum Gasteiger partial charge on any atom is 0.246 e. The SMILES string of the molecule is CCC1CCN(S(=O)(=O)c2cc(N)c(C)cc2OC)CC1. The van der Waals surface area contributed by atoms with Crippen LogP contribution in [0.2, 0.25) is 0 Å². The molecule has 6 heteroatoms. The first kappa shape index (κ1) is 16.1. The van der Waals surface area contributed by atoms with Crippen LogP contribution in [0.5, 0.6) is 5.75 Å². The molecule has 5 nitrogen and oxygen atoms in total. The fourth-order valence-corrected chi connectivity index (χ4v) is 4.38. The Kier molecular flexibility index (Phi) is 4.78. The molecule has 0 aliphatic carbocycles. The second-order valence-corrected chi connectivity index (χ2v) is 7.52. The number of nitrogens with two attached hydrogens (primary N) is 1. The maximum atomic E-state index is 12.8. The van der Waals surface area contributed by atoms with Gasteiger partial charge in [0.15, 0.2) is 0 Å². The first-order valence-corrected chi connectivity index (χ1v) is 8.78. The zero-order valence-electron chi connectivity index (χ0n) is 12.9. The monoisotopic (exact) mass is 312 g/mol. The number of sulfonamides is 1. The fourth-order valence-electron chi connectivity index (χ4n) is 2.74. The number of aryl methyl sites for hydroxylation is 1. The van der Waals surface area contributed by atoms with Crippen LogP contribution in [0.15, 0.2) is 17.0 Å². The van der Waals surface area contributed by atoms with E-state index in [0.29, 0.717) is 30.4 Å². The Labute approximate surface area is 127 Å². The van der Waals surface area contributed by atoms with Crippen LogP contribution in [0.25, 0.3) is 0 Å². The van der Waals surface area contributed by atoms with Crippen LogP contribution >= 0.6 is 0 Å². The molecule has 1 fully saturated rings. The summed E-state index contributed by atoms with van der Waals surface area (Å²) >= 11 is 0. The molecule has 1 saturated heterocycles. The van der Waals surface area contributed by atoms with Crippen molar-refractivity contribution < 1.29 is 13.2 Å². The van der Waals surface area contributed by atoms with Crippen molar-refractivity contribution in [3.05, 3.63) is 17.7 Å². The minimum absolute atomic E-state index is 0.169. The van der Waals surface area contributed by atoms with Crippen LogP contribution in [0.4, 0.5) is 5.69 Å². The number of nitrogens with zero attached hydrogens (tertiary/aromatic N) is 1. The van der Waals surface area contributed by atoms with Gasteiger partial charge in [0.1, 0.15) is 10.6 Å². The van der Waals surface area contributed by atoms with Gasteiger partial charge in [-0.05, 0) is 43.4 Å². The van der Waals surface area contributed by atoms with E-state index >= 15 is 0 Å². The molecule has 0 aromatic heterocycles. The molecule has 0 spiro atoms. The van der Waals surface area contributed by atoms with Gasteiger partial charge < -0.3 is 10.5 Å². The largest absolute Gasteiger partial charge is 0.495 e. The second-order valence-electron chi connectivity index (χ2n) is 5.62. The van der Waals surface area contributed by atoms with E-state index in [2.05, 4.69) is 6.92 Å². The summed E-state index contributed by atoms with van der Waals surface area (Å²) in [5, 5.41) is 0. The number of rotatable bonds is 4. The predicted octanol–water partition coefficient (Wildman–Crippen LogP) is 2.40. The molecule has 118 valence electrons. The van der Waals surface area contributed by atoms with E-state index in [0.717, 1.165) is 24.8 Å². The lowest BCUT2D eigenvalue weighted by Crippen LogP contribution is -2.38. The summed E-state index contributed by atoms with van der Waals surface area (Å²) in [7, 11) is -2.07. The molecule has 0 radical (unpaired) electrons. The number of methoxy groups -OCH3 is 1. The molecule has 1 aromatic carbocycles. The summed E-state index contributed by atoms with van der Waals surface area (Å²) < 4.78 is 32.4. The van der Waals surface area contributed by atoms with E-state index in [1.165, 1.54) is 13.2 Å². The third-order valence-electron chi connectivity index (χ3n) is 4.32. The lowest BCUT2D eigenvalue weighted by Gasteiger charge is -2.31. The number of nitrogen functional groups attached to an aromatic ring is 1. The average molecular weight is 312 g/mol. The van der Waals surface area contributed by atoms with Gasteiger partial charge in [-0.25, -0.2) is 8.42 Å². The number of anilines is 1. The molecule has 0 atom stereocenters. The van der Waals surface area contributed by atoms with E-state index in [1.54, 1.807) is 10.4 Å². The predicted molar refractivity (Wildman–Crippen MR) is 83.9 cm³/mol. The van der Waals surface area contributed by atoms with Gasteiger partial charge in [-0.15, -0.1) is 0 Å². The highest BCUT2D eigenvalue weighted by molar-refractivity contribution is 7.89. The molecule has 1 aromatic rings. The van der Waals surface area contributed by atoms with Crippen LogP contribution in [0.1, 0.15) is 31.7 Å². The molecule has 0 amide bonds.